The number of likely N-dealkylation sites (tertiary alicyclic amines) is 1. The fourth-order valence-electron chi connectivity index (χ4n) is 5.85. The first-order valence-corrected chi connectivity index (χ1v) is 13.6. The number of fused-ring (bicyclic) bond motifs is 2. The van der Waals surface area contributed by atoms with E-state index in [9.17, 15) is 19.2 Å². The lowest BCUT2D eigenvalue weighted by molar-refractivity contribution is 0.0608. The molecule has 3 aliphatic rings. The Balaban J connectivity index is 1.23. The predicted octanol–water partition coefficient (Wildman–Crippen LogP) is 3.81. The minimum Gasteiger partial charge on any atom is -0.330 e. The maximum atomic E-state index is 13.3. The minimum absolute atomic E-state index is 0.0288. The summed E-state index contributed by atoms with van der Waals surface area (Å²) in [7, 11) is 0. The highest BCUT2D eigenvalue weighted by atomic mass is 16.2. The molecule has 1 atom stereocenters. The lowest BCUT2D eigenvalue weighted by Gasteiger charge is -2.37. The number of carbonyl (C=O) groups excluding carboxylic acids is 2. The molecule has 1 aromatic heterocycles. The van der Waals surface area contributed by atoms with Crippen LogP contribution in [0.5, 0.6) is 0 Å². The van der Waals surface area contributed by atoms with Gasteiger partial charge in [-0.1, -0.05) is 18.2 Å². The van der Waals surface area contributed by atoms with Crippen LogP contribution in [0.15, 0.2) is 52.1 Å². The summed E-state index contributed by atoms with van der Waals surface area (Å²) in [6.45, 7) is 5.93. The van der Waals surface area contributed by atoms with E-state index in [0.29, 0.717) is 48.7 Å². The van der Waals surface area contributed by atoms with Crippen LogP contribution in [0.2, 0.25) is 0 Å². The third-order valence-electron chi connectivity index (χ3n) is 8.05. The summed E-state index contributed by atoms with van der Waals surface area (Å²) < 4.78 is 3.01. The highest BCUT2D eigenvalue weighted by molar-refractivity contribution is 5.98. The van der Waals surface area contributed by atoms with E-state index in [-0.39, 0.29) is 35.3 Å². The Morgan fingerprint density at radius 1 is 1.05 bits per heavy atom. The number of hydrogen-bond donors (Lipinski definition) is 1. The lowest BCUT2D eigenvalue weighted by Crippen LogP contribution is -2.51. The van der Waals surface area contributed by atoms with Crippen LogP contribution < -0.4 is 16.6 Å². The van der Waals surface area contributed by atoms with Gasteiger partial charge in [0.15, 0.2) is 0 Å². The maximum Gasteiger partial charge on any atom is 0.331 e. The number of nitrogens with zero attached hydrogens (tertiary/aromatic N) is 4. The van der Waals surface area contributed by atoms with E-state index in [2.05, 4.69) is 5.32 Å². The van der Waals surface area contributed by atoms with Gasteiger partial charge in [0, 0.05) is 43.5 Å². The fourth-order valence-corrected chi connectivity index (χ4v) is 5.85. The average molecular weight is 516 g/mol. The monoisotopic (exact) mass is 515 g/mol. The van der Waals surface area contributed by atoms with Gasteiger partial charge in [0.05, 0.1) is 16.9 Å². The van der Waals surface area contributed by atoms with Crippen molar-refractivity contribution < 1.29 is 9.59 Å². The van der Waals surface area contributed by atoms with Crippen molar-refractivity contribution in [1.29, 1.82) is 0 Å². The molecule has 1 aliphatic carbocycles. The number of urea groups is 1. The first-order chi connectivity index (χ1) is 18.3. The topological polar surface area (TPSA) is 96.6 Å². The summed E-state index contributed by atoms with van der Waals surface area (Å²) in [5.41, 5.74) is 2.28. The number of anilines is 1. The van der Waals surface area contributed by atoms with Gasteiger partial charge in [0.2, 0.25) is 0 Å². The molecule has 3 heterocycles. The molecule has 9 heteroatoms. The summed E-state index contributed by atoms with van der Waals surface area (Å²) in [6.07, 6.45) is 3.73. The van der Waals surface area contributed by atoms with E-state index in [1.807, 2.05) is 43.0 Å². The van der Waals surface area contributed by atoms with Crippen LogP contribution >= 0.6 is 0 Å². The van der Waals surface area contributed by atoms with Gasteiger partial charge in [0.25, 0.3) is 11.5 Å². The number of amides is 3. The Labute approximate surface area is 220 Å². The van der Waals surface area contributed by atoms with Crippen LogP contribution in [-0.2, 0) is 13.1 Å². The van der Waals surface area contributed by atoms with E-state index in [4.69, 9.17) is 0 Å². The van der Waals surface area contributed by atoms with Crippen molar-refractivity contribution in [3.63, 3.8) is 0 Å². The Morgan fingerprint density at radius 2 is 1.84 bits per heavy atom. The van der Waals surface area contributed by atoms with Gasteiger partial charge in [-0.25, -0.2) is 9.59 Å². The van der Waals surface area contributed by atoms with Crippen molar-refractivity contribution in [3.05, 3.63) is 74.4 Å². The zero-order valence-corrected chi connectivity index (χ0v) is 21.9. The summed E-state index contributed by atoms with van der Waals surface area (Å²) in [6, 6.07) is 12.4. The second-order valence-corrected chi connectivity index (χ2v) is 11.1. The number of piperidine rings is 1. The molecule has 1 N–H and O–H groups in total. The van der Waals surface area contributed by atoms with Crippen molar-refractivity contribution in [1.82, 2.24) is 18.9 Å². The third kappa shape index (κ3) is 4.29. The van der Waals surface area contributed by atoms with Crippen LogP contribution in [0.1, 0.15) is 61.5 Å². The molecular weight excluding hydrogens is 482 g/mol. The van der Waals surface area contributed by atoms with Gasteiger partial charge < -0.3 is 15.1 Å². The van der Waals surface area contributed by atoms with Crippen molar-refractivity contribution in [3.8, 4) is 0 Å². The Kier molecular flexibility index (Phi) is 6.08. The van der Waals surface area contributed by atoms with Crippen molar-refractivity contribution in [2.24, 2.45) is 5.92 Å². The number of aromatic nitrogens is 2. The molecule has 3 aromatic rings. The second kappa shape index (κ2) is 9.45. The summed E-state index contributed by atoms with van der Waals surface area (Å²) in [4.78, 5) is 56.3. The van der Waals surface area contributed by atoms with Gasteiger partial charge in [-0.3, -0.25) is 18.7 Å². The van der Waals surface area contributed by atoms with E-state index >= 15 is 0 Å². The average Bonchev–Trinajstić information content (AvgIpc) is 3.68. The van der Waals surface area contributed by atoms with E-state index in [1.165, 1.54) is 4.57 Å². The highest BCUT2D eigenvalue weighted by Crippen LogP contribution is 2.30. The predicted molar refractivity (Wildman–Crippen MR) is 146 cm³/mol. The quantitative estimate of drug-likeness (QED) is 0.559. The first kappa shape index (κ1) is 24.5. The molecule has 2 aromatic carbocycles. The van der Waals surface area contributed by atoms with Crippen LogP contribution in [-0.4, -0.2) is 50.0 Å². The molecule has 0 spiro atoms. The minimum atomic E-state index is -0.310. The Hall–Kier alpha value is -3.88. The molecule has 0 bridgehead atoms. The molecule has 2 aliphatic heterocycles. The molecule has 9 nitrogen and oxygen atoms in total. The van der Waals surface area contributed by atoms with Gasteiger partial charge in [0.1, 0.15) is 0 Å². The van der Waals surface area contributed by atoms with Crippen molar-refractivity contribution in [2.45, 2.75) is 64.7 Å². The summed E-state index contributed by atoms with van der Waals surface area (Å²) in [5.74, 6) is 0.407. The van der Waals surface area contributed by atoms with Gasteiger partial charge >= 0.3 is 11.7 Å². The normalized spacial score (nSPS) is 19.3. The van der Waals surface area contributed by atoms with E-state index < -0.39 is 0 Å². The van der Waals surface area contributed by atoms with Crippen molar-refractivity contribution >= 4 is 28.5 Å². The lowest BCUT2D eigenvalue weighted by atomic mass is 10.0. The summed E-state index contributed by atoms with van der Waals surface area (Å²) in [5, 5.41) is 3.38. The zero-order chi connectivity index (χ0) is 26.6. The maximum absolute atomic E-state index is 13.3. The second-order valence-electron chi connectivity index (χ2n) is 11.1. The molecule has 0 radical (unpaired) electrons. The van der Waals surface area contributed by atoms with E-state index in [1.54, 1.807) is 27.7 Å². The van der Waals surface area contributed by atoms with Gasteiger partial charge in [-0.2, -0.15) is 0 Å². The van der Waals surface area contributed by atoms with E-state index in [0.717, 1.165) is 36.8 Å². The number of nitrogens with one attached hydrogen (secondary N) is 1. The van der Waals surface area contributed by atoms with Crippen molar-refractivity contribution in [2.75, 3.05) is 18.4 Å². The first-order valence-electron chi connectivity index (χ1n) is 13.6. The molecule has 2 fully saturated rings. The molecule has 3 amide bonds. The zero-order valence-electron chi connectivity index (χ0n) is 21.9. The number of rotatable bonds is 5. The van der Waals surface area contributed by atoms with Crippen LogP contribution in [0.25, 0.3) is 10.9 Å². The van der Waals surface area contributed by atoms with Gasteiger partial charge in [-0.05, 0) is 75.3 Å². The standard InChI is InChI=1S/C29H33N5O4/c1-18(2)34-25-12-11-21(14-24(25)27(36)33(29(34)38)15-19-9-10-19)30-28(37)31-13-5-7-22(17-31)32-16-20-6-3-4-8-23(20)26(32)35/h3-4,6,8,11-12,14,18-19,22H,5,7,9-10,13,15-17H2,1-2H3,(H,30,37). The molecule has 1 saturated carbocycles. The smallest absolute Gasteiger partial charge is 0.330 e. The molecule has 6 rings (SSSR count). The fraction of sp³-hybridized carbons (Fsp3) is 0.448. The summed E-state index contributed by atoms with van der Waals surface area (Å²) >= 11 is 0. The van der Waals surface area contributed by atoms with Crippen LogP contribution in [0.4, 0.5) is 10.5 Å². The number of benzene rings is 2. The SMILES string of the molecule is CC(C)n1c(=O)n(CC2CC2)c(=O)c2cc(NC(=O)N3CCCC(N4Cc5ccccc5C4=O)C3)ccc21. The number of hydrogen-bond acceptors (Lipinski definition) is 4. The molecule has 1 saturated heterocycles. The molecule has 1 unspecified atom stereocenters. The van der Waals surface area contributed by atoms with Gasteiger partial charge in [-0.15, -0.1) is 0 Å². The molecular formula is C29H33N5O4. The molecule has 38 heavy (non-hydrogen) atoms. The highest BCUT2D eigenvalue weighted by Gasteiger charge is 2.35. The third-order valence-corrected chi connectivity index (χ3v) is 8.05. The largest absolute Gasteiger partial charge is 0.331 e. The number of carbonyl (C=O) groups is 2. The Bertz CT molecular complexity index is 1550. The van der Waals surface area contributed by atoms with Crippen LogP contribution in [0, 0.1) is 5.92 Å². The Morgan fingerprint density at radius 3 is 2.58 bits per heavy atom. The molecule has 198 valence electrons. The van der Waals surface area contributed by atoms with Crippen LogP contribution in [0.3, 0.4) is 0 Å².